The molecule has 20 heavy (non-hydrogen) atoms. The number of nitrogens with zero attached hydrogens (tertiary/aromatic N) is 1. The second kappa shape index (κ2) is 8.21. The molecule has 0 atom stereocenters. The fourth-order valence-corrected chi connectivity index (χ4v) is 3.26. The Bertz CT molecular complexity index is 395. The van der Waals surface area contributed by atoms with Gasteiger partial charge in [-0.05, 0) is 32.4 Å². The van der Waals surface area contributed by atoms with Crippen LogP contribution < -0.4 is 0 Å². The van der Waals surface area contributed by atoms with Crippen LogP contribution in [0.15, 0.2) is 30.3 Å². The van der Waals surface area contributed by atoms with E-state index in [-0.39, 0.29) is 5.78 Å². The molecule has 2 rings (SSSR count). The Morgan fingerprint density at radius 2 is 1.85 bits per heavy atom. The van der Waals surface area contributed by atoms with E-state index in [0.717, 1.165) is 31.1 Å². The maximum Gasteiger partial charge on any atom is 0.162 e. The van der Waals surface area contributed by atoms with E-state index in [0.29, 0.717) is 6.42 Å². The molecule has 1 aliphatic rings. The number of carbonyl (C=O) groups excluding carboxylic acids is 1. The lowest BCUT2D eigenvalue weighted by Crippen LogP contribution is -2.37. The van der Waals surface area contributed by atoms with Gasteiger partial charge in [-0.2, -0.15) is 0 Å². The highest BCUT2D eigenvalue weighted by Crippen LogP contribution is 2.22. The van der Waals surface area contributed by atoms with Crippen LogP contribution in [0.5, 0.6) is 0 Å². The molecule has 0 bridgehead atoms. The molecule has 2 heteroatoms. The highest BCUT2D eigenvalue weighted by Gasteiger charge is 2.19. The van der Waals surface area contributed by atoms with Gasteiger partial charge in [-0.15, -0.1) is 0 Å². The summed E-state index contributed by atoms with van der Waals surface area (Å²) in [5, 5.41) is 0. The highest BCUT2D eigenvalue weighted by atomic mass is 16.1. The van der Waals surface area contributed by atoms with E-state index in [9.17, 15) is 4.79 Å². The van der Waals surface area contributed by atoms with E-state index in [1.165, 1.54) is 32.1 Å². The first-order chi connectivity index (χ1) is 9.81. The number of Topliss-reactive ketones (excluding diaryl/α,β-unsaturated/α-hetero) is 1. The monoisotopic (exact) mass is 273 g/mol. The molecule has 2 nitrogen and oxygen atoms in total. The summed E-state index contributed by atoms with van der Waals surface area (Å²) in [5.74, 6) is 0.283. The molecule has 1 saturated carbocycles. The summed E-state index contributed by atoms with van der Waals surface area (Å²) < 4.78 is 0. The highest BCUT2D eigenvalue weighted by molar-refractivity contribution is 5.95. The Morgan fingerprint density at radius 3 is 2.50 bits per heavy atom. The topological polar surface area (TPSA) is 20.3 Å². The minimum atomic E-state index is 0.283. The molecular weight excluding hydrogens is 246 g/mol. The molecule has 0 N–H and O–H groups in total. The van der Waals surface area contributed by atoms with E-state index in [1.807, 2.05) is 30.3 Å². The van der Waals surface area contributed by atoms with Gasteiger partial charge < -0.3 is 4.90 Å². The molecule has 0 radical (unpaired) electrons. The number of rotatable bonds is 7. The van der Waals surface area contributed by atoms with Crippen LogP contribution in [0, 0.1) is 0 Å². The van der Waals surface area contributed by atoms with Crippen LogP contribution in [0.3, 0.4) is 0 Å². The molecule has 0 saturated heterocycles. The SMILES string of the molecule is CCN(CCCC(=O)c1ccccc1)C1CCCCC1. The number of benzene rings is 1. The second-order valence-electron chi connectivity index (χ2n) is 5.81. The van der Waals surface area contributed by atoms with Crippen molar-refractivity contribution >= 4 is 5.78 Å². The quantitative estimate of drug-likeness (QED) is 0.690. The Morgan fingerprint density at radius 1 is 1.15 bits per heavy atom. The lowest BCUT2D eigenvalue weighted by atomic mass is 9.94. The number of hydrogen-bond donors (Lipinski definition) is 0. The van der Waals surface area contributed by atoms with Gasteiger partial charge in [0.05, 0.1) is 0 Å². The van der Waals surface area contributed by atoms with Gasteiger partial charge in [0.1, 0.15) is 0 Å². The maximum absolute atomic E-state index is 12.1. The molecule has 0 heterocycles. The maximum atomic E-state index is 12.1. The first kappa shape index (κ1) is 15.2. The first-order valence-corrected chi connectivity index (χ1v) is 8.13. The van der Waals surface area contributed by atoms with E-state index in [4.69, 9.17) is 0 Å². The van der Waals surface area contributed by atoms with E-state index in [1.54, 1.807) is 0 Å². The van der Waals surface area contributed by atoms with Crippen molar-refractivity contribution in [3.05, 3.63) is 35.9 Å². The first-order valence-electron chi connectivity index (χ1n) is 8.13. The molecule has 0 aliphatic heterocycles. The minimum absolute atomic E-state index is 0.283. The minimum Gasteiger partial charge on any atom is -0.301 e. The fraction of sp³-hybridized carbons (Fsp3) is 0.611. The summed E-state index contributed by atoms with van der Waals surface area (Å²) in [6, 6.07) is 10.4. The van der Waals surface area contributed by atoms with Gasteiger partial charge in [0, 0.05) is 18.0 Å². The van der Waals surface area contributed by atoms with Crippen LogP contribution in [0.2, 0.25) is 0 Å². The van der Waals surface area contributed by atoms with Gasteiger partial charge >= 0.3 is 0 Å². The van der Waals surface area contributed by atoms with Crippen molar-refractivity contribution in [1.82, 2.24) is 4.90 Å². The summed E-state index contributed by atoms with van der Waals surface area (Å²) in [4.78, 5) is 14.7. The van der Waals surface area contributed by atoms with Crippen LogP contribution >= 0.6 is 0 Å². The van der Waals surface area contributed by atoms with Crippen LogP contribution in [-0.2, 0) is 0 Å². The average Bonchev–Trinajstić information content (AvgIpc) is 2.53. The van der Waals surface area contributed by atoms with Gasteiger partial charge in [0.2, 0.25) is 0 Å². The third kappa shape index (κ3) is 4.45. The van der Waals surface area contributed by atoms with E-state index in [2.05, 4.69) is 11.8 Å². The molecule has 0 aromatic heterocycles. The van der Waals surface area contributed by atoms with Crippen LogP contribution in [0.1, 0.15) is 62.2 Å². The molecule has 0 spiro atoms. The van der Waals surface area contributed by atoms with Crippen molar-refractivity contribution < 1.29 is 4.79 Å². The standard InChI is InChI=1S/C18H27NO/c1-2-19(17-12-7-4-8-13-17)15-9-14-18(20)16-10-5-3-6-11-16/h3,5-6,10-11,17H,2,4,7-9,12-15H2,1H3. The average molecular weight is 273 g/mol. The Kier molecular flexibility index (Phi) is 6.25. The molecule has 1 aromatic carbocycles. The lowest BCUT2D eigenvalue weighted by molar-refractivity contribution is 0.0966. The molecule has 1 aromatic rings. The van der Waals surface area contributed by atoms with Gasteiger partial charge in [-0.25, -0.2) is 0 Å². The summed E-state index contributed by atoms with van der Waals surface area (Å²) in [6.07, 6.45) is 8.51. The van der Waals surface area contributed by atoms with Gasteiger partial charge in [-0.3, -0.25) is 4.79 Å². The third-order valence-corrected chi connectivity index (χ3v) is 4.44. The zero-order chi connectivity index (χ0) is 14.2. The van der Waals surface area contributed by atoms with Crippen LogP contribution in [0.25, 0.3) is 0 Å². The third-order valence-electron chi connectivity index (χ3n) is 4.44. The summed E-state index contributed by atoms with van der Waals surface area (Å²) >= 11 is 0. The van der Waals surface area contributed by atoms with Gasteiger partial charge in [0.15, 0.2) is 5.78 Å². The van der Waals surface area contributed by atoms with Crippen LogP contribution in [0.4, 0.5) is 0 Å². The second-order valence-corrected chi connectivity index (χ2v) is 5.81. The Balaban J connectivity index is 1.74. The zero-order valence-corrected chi connectivity index (χ0v) is 12.7. The van der Waals surface area contributed by atoms with E-state index < -0.39 is 0 Å². The zero-order valence-electron chi connectivity index (χ0n) is 12.7. The van der Waals surface area contributed by atoms with Crippen molar-refractivity contribution in [3.63, 3.8) is 0 Å². The van der Waals surface area contributed by atoms with E-state index >= 15 is 0 Å². The largest absolute Gasteiger partial charge is 0.301 e. The Labute approximate surface area is 123 Å². The molecule has 110 valence electrons. The number of ketones is 1. The van der Waals surface area contributed by atoms with Crippen molar-refractivity contribution in [2.75, 3.05) is 13.1 Å². The van der Waals surface area contributed by atoms with Gasteiger partial charge in [-0.1, -0.05) is 56.5 Å². The summed E-state index contributed by atoms with van der Waals surface area (Å²) in [6.45, 7) is 4.43. The van der Waals surface area contributed by atoms with Crippen molar-refractivity contribution in [2.45, 2.75) is 57.9 Å². The summed E-state index contributed by atoms with van der Waals surface area (Å²) in [5.41, 5.74) is 0.855. The predicted molar refractivity (Wildman–Crippen MR) is 84.1 cm³/mol. The Hall–Kier alpha value is -1.15. The lowest BCUT2D eigenvalue weighted by Gasteiger charge is -2.33. The van der Waals surface area contributed by atoms with Crippen molar-refractivity contribution in [3.8, 4) is 0 Å². The fourth-order valence-electron chi connectivity index (χ4n) is 3.26. The summed E-state index contributed by atoms with van der Waals surface area (Å²) in [7, 11) is 0. The molecule has 0 unspecified atom stereocenters. The van der Waals surface area contributed by atoms with Crippen molar-refractivity contribution in [1.29, 1.82) is 0 Å². The normalized spacial score (nSPS) is 16.5. The molecule has 0 amide bonds. The smallest absolute Gasteiger partial charge is 0.162 e. The molecule has 1 aliphatic carbocycles. The van der Waals surface area contributed by atoms with Crippen molar-refractivity contribution in [2.24, 2.45) is 0 Å². The van der Waals surface area contributed by atoms with Crippen LogP contribution in [-0.4, -0.2) is 29.8 Å². The number of hydrogen-bond acceptors (Lipinski definition) is 2. The predicted octanol–water partition coefficient (Wildman–Crippen LogP) is 4.30. The molecule has 1 fully saturated rings. The molecular formula is C18H27NO. The number of carbonyl (C=O) groups is 1. The van der Waals surface area contributed by atoms with Gasteiger partial charge in [0.25, 0.3) is 0 Å².